The molecule has 1 aromatic rings. The number of carboxylic acids is 3. The SMILES string of the molecule is C=CCc1c(C(=O)O)cc(C(=O)O)cc1C(=O)O. The van der Waals surface area contributed by atoms with Crippen LogP contribution in [0.1, 0.15) is 36.6 Å². The van der Waals surface area contributed by atoms with Crippen molar-refractivity contribution in [1.29, 1.82) is 0 Å². The number of benzene rings is 1. The van der Waals surface area contributed by atoms with E-state index in [1.807, 2.05) is 0 Å². The molecule has 1 rings (SSSR count). The summed E-state index contributed by atoms with van der Waals surface area (Å²) in [6, 6.07) is 1.88. The molecule has 0 radical (unpaired) electrons. The Bertz CT molecular complexity index is 508. The van der Waals surface area contributed by atoms with E-state index in [4.69, 9.17) is 15.3 Å². The number of rotatable bonds is 5. The molecule has 0 atom stereocenters. The summed E-state index contributed by atoms with van der Waals surface area (Å²) in [5.41, 5.74) is -1.02. The molecule has 0 aliphatic heterocycles. The van der Waals surface area contributed by atoms with E-state index in [1.54, 1.807) is 0 Å². The van der Waals surface area contributed by atoms with Crippen LogP contribution >= 0.6 is 0 Å². The maximum Gasteiger partial charge on any atom is 0.336 e. The molecule has 0 unspecified atom stereocenters. The van der Waals surface area contributed by atoms with Gasteiger partial charge in [0.15, 0.2) is 0 Å². The molecule has 0 saturated heterocycles. The van der Waals surface area contributed by atoms with Crippen LogP contribution in [-0.2, 0) is 6.42 Å². The van der Waals surface area contributed by atoms with Crippen molar-refractivity contribution in [2.45, 2.75) is 6.42 Å². The lowest BCUT2D eigenvalue weighted by Gasteiger charge is -2.09. The molecular weight excluding hydrogens is 240 g/mol. The highest BCUT2D eigenvalue weighted by atomic mass is 16.4. The van der Waals surface area contributed by atoms with Gasteiger partial charge in [-0.15, -0.1) is 6.58 Å². The highest BCUT2D eigenvalue weighted by molar-refractivity contribution is 6.01. The van der Waals surface area contributed by atoms with Gasteiger partial charge in [0.05, 0.1) is 16.7 Å². The second kappa shape index (κ2) is 5.13. The van der Waals surface area contributed by atoms with Gasteiger partial charge in [0, 0.05) is 0 Å². The first kappa shape index (κ1) is 13.4. The van der Waals surface area contributed by atoms with Crippen LogP contribution in [-0.4, -0.2) is 33.2 Å². The molecule has 0 bridgehead atoms. The minimum absolute atomic E-state index is 0.0309. The van der Waals surface area contributed by atoms with E-state index in [0.717, 1.165) is 12.1 Å². The first-order chi connectivity index (χ1) is 8.38. The van der Waals surface area contributed by atoms with Gasteiger partial charge in [0.2, 0.25) is 0 Å². The summed E-state index contributed by atoms with van der Waals surface area (Å²) in [5.74, 6) is -4.14. The van der Waals surface area contributed by atoms with E-state index in [0.29, 0.717) is 0 Å². The highest BCUT2D eigenvalue weighted by Gasteiger charge is 2.21. The largest absolute Gasteiger partial charge is 0.478 e. The lowest BCUT2D eigenvalue weighted by Crippen LogP contribution is -2.12. The monoisotopic (exact) mass is 250 g/mol. The first-order valence-electron chi connectivity index (χ1n) is 4.86. The molecule has 0 amide bonds. The summed E-state index contributed by atoms with van der Waals surface area (Å²) in [6.45, 7) is 3.41. The maximum atomic E-state index is 11.0. The van der Waals surface area contributed by atoms with Crippen LogP contribution in [0, 0.1) is 0 Å². The zero-order valence-corrected chi connectivity index (χ0v) is 9.21. The molecule has 1 aromatic carbocycles. The Morgan fingerprint density at radius 1 is 1.00 bits per heavy atom. The van der Waals surface area contributed by atoms with Crippen molar-refractivity contribution in [3.63, 3.8) is 0 Å². The van der Waals surface area contributed by atoms with Crippen molar-refractivity contribution in [1.82, 2.24) is 0 Å². The summed E-state index contributed by atoms with van der Waals surface area (Å²) in [6.07, 6.45) is 1.39. The molecule has 0 heterocycles. The van der Waals surface area contributed by atoms with Gasteiger partial charge in [0.25, 0.3) is 0 Å². The zero-order chi connectivity index (χ0) is 13.9. The Kier molecular flexibility index (Phi) is 3.83. The minimum atomic E-state index is -1.38. The third-order valence-electron chi connectivity index (χ3n) is 2.31. The Balaban J connectivity index is 3.64. The predicted molar refractivity (Wildman–Crippen MR) is 61.2 cm³/mol. The fourth-order valence-electron chi connectivity index (χ4n) is 1.54. The highest BCUT2D eigenvalue weighted by Crippen LogP contribution is 2.20. The molecule has 0 aliphatic carbocycles. The molecule has 18 heavy (non-hydrogen) atoms. The van der Waals surface area contributed by atoms with Gasteiger partial charge in [0.1, 0.15) is 0 Å². The van der Waals surface area contributed by atoms with E-state index in [-0.39, 0.29) is 28.7 Å². The first-order valence-corrected chi connectivity index (χ1v) is 4.86. The second-order valence-corrected chi connectivity index (χ2v) is 3.46. The Morgan fingerprint density at radius 3 is 1.72 bits per heavy atom. The van der Waals surface area contributed by atoms with E-state index in [2.05, 4.69) is 6.58 Å². The number of carbonyl (C=O) groups is 3. The fourth-order valence-corrected chi connectivity index (χ4v) is 1.54. The van der Waals surface area contributed by atoms with E-state index in [1.165, 1.54) is 6.08 Å². The summed E-state index contributed by atoms with van der Waals surface area (Å²) in [5, 5.41) is 26.8. The van der Waals surface area contributed by atoms with Gasteiger partial charge >= 0.3 is 17.9 Å². The van der Waals surface area contributed by atoms with E-state index in [9.17, 15) is 14.4 Å². The molecule has 0 saturated carbocycles. The zero-order valence-electron chi connectivity index (χ0n) is 9.21. The van der Waals surface area contributed by atoms with Crippen LogP contribution in [0.15, 0.2) is 24.8 Å². The fraction of sp³-hybridized carbons (Fsp3) is 0.0833. The smallest absolute Gasteiger partial charge is 0.336 e. The number of hydrogen-bond donors (Lipinski definition) is 3. The Labute approximate surface area is 102 Å². The van der Waals surface area contributed by atoms with Crippen molar-refractivity contribution in [3.8, 4) is 0 Å². The van der Waals surface area contributed by atoms with Gasteiger partial charge in [-0.25, -0.2) is 14.4 Å². The van der Waals surface area contributed by atoms with Crippen LogP contribution in [0.2, 0.25) is 0 Å². The van der Waals surface area contributed by atoms with Gasteiger partial charge in [-0.3, -0.25) is 0 Å². The van der Waals surface area contributed by atoms with Crippen LogP contribution in [0.3, 0.4) is 0 Å². The van der Waals surface area contributed by atoms with Crippen molar-refractivity contribution in [2.24, 2.45) is 0 Å². The Hall–Kier alpha value is -2.63. The molecule has 0 aliphatic rings. The lowest BCUT2D eigenvalue weighted by molar-refractivity contribution is 0.0695. The van der Waals surface area contributed by atoms with Gasteiger partial charge in [-0.05, 0) is 24.1 Å². The normalized spacial score (nSPS) is 9.78. The van der Waals surface area contributed by atoms with Gasteiger partial charge < -0.3 is 15.3 Å². The number of carboxylic acid groups (broad SMARTS) is 3. The summed E-state index contributed by atoms with van der Waals surface area (Å²) in [4.78, 5) is 32.9. The summed E-state index contributed by atoms with van der Waals surface area (Å²) >= 11 is 0. The summed E-state index contributed by atoms with van der Waals surface area (Å²) in [7, 11) is 0. The van der Waals surface area contributed by atoms with Crippen LogP contribution in [0.5, 0.6) is 0 Å². The predicted octanol–water partition coefficient (Wildman–Crippen LogP) is 1.51. The van der Waals surface area contributed by atoms with Crippen molar-refractivity contribution < 1.29 is 29.7 Å². The maximum absolute atomic E-state index is 11.0. The summed E-state index contributed by atoms with van der Waals surface area (Å²) < 4.78 is 0. The standard InChI is InChI=1S/C12H10O6/c1-2-3-7-8(11(15)16)4-6(10(13)14)5-9(7)12(17)18/h2,4-5H,1,3H2,(H,13,14)(H,15,16)(H,17,18). The number of allylic oxidation sites excluding steroid dienone is 1. The van der Waals surface area contributed by atoms with Crippen LogP contribution in [0.4, 0.5) is 0 Å². The molecule has 6 nitrogen and oxygen atoms in total. The molecule has 6 heteroatoms. The van der Waals surface area contributed by atoms with E-state index >= 15 is 0 Å². The number of aromatic carboxylic acids is 3. The second-order valence-electron chi connectivity index (χ2n) is 3.46. The van der Waals surface area contributed by atoms with E-state index < -0.39 is 17.9 Å². The topological polar surface area (TPSA) is 112 Å². The van der Waals surface area contributed by atoms with Gasteiger partial charge in [-0.1, -0.05) is 6.08 Å². The van der Waals surface area contributed by atoms with Crippen molar-refractivity contribution >= 4 is 17.9 Å². The lowest BCUT2D eigenvalue weighted by atomic mass is 9.95. The molecule has 94 valence electrons. The molecule has 0 aromatic heterocycles. The molecule has 0 fully saturated rings. The average Bonchev–Trinajstić information content (AvgIpc) is 2.28. The quantitative estimate of drug-likeness (QED) is 0.683. The number of hydrogen-bond acceptors (Lipinski definition) is 3. The molecule has 3 N–H and O–H groups in total. The molecule has 0 spiro atoms. The third kappa shape index (κ3) is 2.54. The Morgan fingerprint density at radius 2 is 1.44 bits per heavy atom. The third-order valence-corrected chi connectivity index (χ3v) is 2.31. The van der Waals surface area contributed by atoms with Crippen LogP contribution < -0.4 is 0 Å². The van der Waals surface area contributed by atoms with Crippen molar-refractivity contribution in [3.05, 3.63) is 47.0 Å². The minimum Gasteiger partial charge on any atom is -0.478 e. The average molecular weight is 250 g/mol. The van der Waals surface area contributed by atoms with Crippen molar-refractivity contribution in [2.75, 3.05) is 0 Å². The van der Waals surface area contributed by atoms with Crippen LogP contribution in [0.25, 0.3) is 0 Å². The van der Waals surface area contributed by atoms with Gasteiger partial charge in [-0.2, -0.15) is 0 Å². The molecular formula is C12H10O6.